The molecule has 1 heterocycles. The molecule has 0 spiro atoms. The zero-order chi connectivity index (χ0) is 18.6. The van der Waals surface area contributed by atoms with Crippen molar-refractivity contribution >= 4 is 33.4 Å². The number of nitrogens with zero attached hydrogens (tertiary/aromatic N) is 1. The summed E-state index contributed by atoms with van der Waals surface area (Å²) in [5.41, 5.74) is 2.13. The first kappa shape index (κ1) is 16.5. The molecule has 0 bridgehead atoms. The van der Waals surface area contributed by atoms with E-state index in [-0.39, 0.29) is 23.7 Å². The van der Waals surface area contributed by atoms with Crippen LogP contribution in [0.3, 0.4) is 0 Å². The van der Waals surface area contributed by atoms with Crippen LogP contribution in [-0.2, 0) is 15.0 Å². The van der Waals surface area contributed by atoms with Gasteiger partial charge in [0.25, 0.3) is 0 Å². The number of benzene rings is 3. The van der Waals surface area contributed by atoms with Crippen molar-refractivity contribution in [3.63, 3.8) is 0 Å². The third-order valence-corrected chi connectivity index (χ3v) is 6.24. The number of carbonyl (C=O) groups excluding carboxylic acids is 2. The average molecular weight is 418 g/mol. The molecule has 5 rings (SSSR count). The maximum atomic E-state index is 13.3. The van der Waals surface area contributed by atoms with Crippen molar-refractivity contribution in [1.29, 1.82) is 0 Å². The SMILES string of the molecule is O=C1[C@H]2[C@H](C(=O)N1c1cccc(Br)c1)C2(c1ccccc1)c1ccccc1. The van der Waals surface area contributed by atoms with E-state index in [0.29, 0.717) is 5.69 Å². The Kier molecular flexibility index (Phi) is 3.59. The van der Waals surface area contributed by atoms with Crippen LogP contribution in [0.1, 0.15) is 11.1 Å². The fraction of sp³-hybridized carbons (Fsp3) is 0.130. The molecular formula is C23H16BrNO2. The van der Waals surface area contributed by atoms with Gasteiger partial charge in [0.1, 0.15) is 0 Å². The van der Waals surface area contributed by atoms with Gasteiger partial charge in [0.2, 0.25) is 11.8 Å². The van der Waals surface area contributed by atoms with Gasteiger partial charge in [-0.2, -0.15) is 0 Å². The van der Waals surface area contributed by atoms with Crippen LogP contribution < -0.4 is 4.90 Å². The fourth-order valence-electron chi connectivity index (χ4n) is 4.63. The van der Waals surface area contributed by atoms with Crippen LogP contribution in [0.4, 0.5) is 5.69 Å². The number of anilines is 1. The minimum absolute atomic E-state index is 0.115. The van der Waals surface area contributed by atoms with E-state index < -0.39 is 5.41 Å². The lowest BCUT2D eigenvalue weighted by Gasteiger charge is -2.26. The van der Waals surface area contributed by atoms with Crippen molar-refractivity contribution in [2.24, 2.45) is 11.8 Å². The topological polar surface area (TPSA) is 37.4 Å². The van der Waals surface area contributed by atoms with Gasteiger partial charge in [-0.15, -0.1) is 0 Å². The number of imide groups is 1. The van der Waals surface area contributed by atoms with Gasteiger partial charge in [0.15, 0.2) is 0 Å². The number of fused-ring (bicyclic) bond motifs is 1. The summed E-state index contributed by atoms with van der Waals surface area (Å²) in [5.74, 6) is -0.936. The molecule has 4 heteroatoms. The lowest BCUT2D eigenvalue weighted by Crippen LogP contribution is -2.39. The summed E-state index contributed by atoms with van der Waals surface area (Å²) in [6, 6.07) is 27.2. The molecule has 2 fully saturated rings. The van der Waals surface area contributed by atoms with Crippen LogP contribution in [0.2, 0.25) is 0 Å². The maximum absolute atomic E-state index is 13.3. The Morgan fingerprint density at radius 1 is 0.704 bits per heavy atom. The molecule has 132 valence electrons. The quantitative estimate of drug-likeness (QED) is 0.585. The first-order valence-electron chi connectivity index (χ1n) is 8.90. The molecule has 3 aromatic carbocycles. The van der Waals surface area contributed by atoms with E-state index in [1.54, 1.807) is 6.07 Å². The summed E-state index contributed by atoms with van der Waals surface area (Å²) in [5, 5.41) is 0. The predicted molar refractivity (Wildman–Crippen MR) is 107 cm³/mol. The Hall–Kier alpha value is -2.72. The second kappa shape index (κ2) is 5.89. The van der Waals surface area contributed by atoms with Gasteiger partial charge in [-0.1, -0.05) is 82.7 Å². The van der Waals surface area contributed by atoms with Crippen molar-refractivity contribution in [3.8, 4) is 0 Å². The van der Waals surface area contributed by atoms with Gasteiger partial charge in [0.05, 0.1) is 17.5 Å². The molecule has 0 N–H and O–H groups in total. The standard InChI is InChI=1S/C23H16BrNO2/c24-17-12-7-13-18(14-17)25-21(26)19-20(22(25)27)23(19,15-8-3-1-4-9-15)16-10-5-2-6-11-16/h1-14,19-20H/t19-,20-/m1/s1. The fourth-order valence-corrected chi connectivity index (χ4v) is 5.02. The van der Waals surface area contributed by atoms with Crippen LogP contribution in [0.15, 0.2) is 89.4 Å². The van der Waals surface area contributed by atoms with E-state index in [2.05, 4.69) is 15.9 Å². The molecule has 0 aromatic heterocycles. The number of piperidine rings is 1. The molecule has 2 atom stereocenters. The first-order chi connectivity index (χ1) is 13.2. The van der Waals surface area contributed by atoms with Crippen LogP contribution in [-0.4, -0.2) is 11.8 Å². The molecule has 3 aromatic rings. The van der Waals surface area contributed by atoms with Gasteiger partial charge in [0, 0.05) is 9.89 Å². The minimum Gasteiger partial charge on any atom is -0.274 e. The molecule has 0 unspecified atom stereocenters. The summed E-state index contributed by atoms with van der Waals surface area (Å²) < 4.78 is 0.846. The van der Waals surface area contributed by atoms with E-state index in [1.165, 1.54) is 4.90 Å². The molecule has 1 saturated carbocycles. The molecule has 2 aliphatic rings. The molecule has 1 aliphatic carbocycles. The van der Waals surface area contributed by atoms with Crippen LogP contribution in [0, 0.1) is 11.8 Å². The van der Waals surface area contributed by atoms with E-state index >= 15 is 0 Å². The molecule has 3 nitrogen and oxygen atoms in total. The number of halogens is 1. The van der Waals surface area contributed by atoms with E-state index in [4.69, 9.17) is 0 Å². The number of rotatable bonds is 3. The summed E-state index contributed by atoms with van der Waals surface area (Å²) in [6.45, 7) is 0. The van der Waals surface area contributed by atoms with Gasteiger partial charge in [-0.3, -0.25) is 9.59 Å². The number of carbonyl (C=O) groups is 2. The highest BCUT2D eigenvalue weighted by Crippen LogP contribution is 2.68. The van der Waals surface area contributed by atoms with Gasteiger partial charge < -0.3 is 0 Å². The van der Waals surface area contributed by atoms with Crippen LogP contribution in [0.5, 0.6) is 0 Å². The Morgan fingerprint density at radius 3 is 1.70 bits per heavy atom. The zero-order valence-corrected chi connectivity index (χ0v) is 16.0. The Labute approximate surface area is 165 Å². The Balaban J connectivity index is 1.63. The normalized spacial score (nSPS) is 22.6. The lowest BCUT2D eigenvalue weighted by atomic mass is 9.83. The molecular weight excluding hydrogens is 402 g/mol. The third-order valence-electron chi connectivity index (χ3n) is 5.75. The third kappa shape index (κ3) is 2.20. The monoisotopic (exact) mass is 417 g/mol. The lowest BCUT2D eigenvalue weighted by molar-refractivity contribution is -0.124. The molecule has 1 aliphatic heterocycles. The second-order valence-corrected chi connectivity index (χ2v) is 7.96. The van der Waals surface area contributed by atoms with Crippen molar-refractivity contribution in [2.45, 2.75) is 5.41 Å². The molecule has 1 saturated heterocycles. The molecule has 0 radical (unpaired) electrons. The van der Waals surface area contributed by atoms with Crippen molar-refractivity contribution in [3.05, 3.63) is 101 Å². The first-order valence-corrected chi connectivity index (χ1v) is 9.69. The summed E-state index contributed by atoms with van der Waals surface area (Å²) in [6.07, 6.45) is 0. The summed E-state index contributed by atoms with van der Waals surface area (Å²) in [7, 11) is 0. The van der Waals surface area contributed by atoms with Crippen LogP contribution >= 0.6 is 15.9 Å². The van der Waals surface area contributed by atoms with Gasteiger partial charge in [-0.25, -0.2) is 4.90 Å². The summed E-state index contributed by atoms with van der Waals surface area (Å²) in [4.78, 5) is 28.0. The molecule has 27 heavy (non-hydrogen) atoms. The van der Waals surface area contributed by atoms with Crippen molar-refractivity contribution < 1.29 is 9.59 Å². The van der Waals surface area contributed by atoms with Gasteiger partial charge >= 0.3 is 0 Å². The molecule has 2 amide bonds. The minimum atomic E-state index is -0.556. The van der Waals surface area contributed by atoms with Crippen molar-refractivity contribution in [1.82, 2.24) is 0 Å². The van der Waals surface area contributed by atoms with E-state index in [1.807, 2.05) is 78.9 Å². The Morgan fingerprint density at radius 2 is 1.22 bits per heavy atom. The number of amides is 2. The highest BCUT2D eigenvalue weighted by atomic mass is 79.9. The number of hydrogen-bond acceptors (Lipinski definition) is 2. The van der Waals surface area contributed by atoms with Crippen molar-refractivity contribution in [2.75, 3.05) is 4.90 Å². The average Bonchev–Trinajstić information content (AvgIpc) is 3.33. The highest BCUT2D eigenvalue weighted by molar-refractivity contribution is 9.10. The van der Waals surface area contributed by atoms with Crippen LogP contribution in [0.25, 0.3) is 0 Å². The zero-order valence-electron chi connectivity index (χ0n) is 14.4. The van der Waals surface area contributed by atoms with E-state index in [0.717, 1.165) is 15.6 Å². The smallest absolute Gasteiger partial charge is 0.239 e. The van der Waals surface area contributed by atoms with E-state index in [9.17, 15) is 9.59 Å². The van der Waals surface area contributed by atoms with Gasteiger partial charge in [-0.05, 0) is 29.3 Å². The maximum Gasteiger partial charge on any atom is 0.239 e. The Bertz CT molecular complexity index is 985. The second-order valence-electron chi connectivity index (χ2n) is 7.05. The largest absolute Gasteiger partial charge is 0.274 e. The number of hydrogen-bond donors (Lipinski definition) is 0. The summed E-state index contributed by atoms with van der Waals surface area (Å²) >= 11 is 3.42. The highest BCUT2D eigenvalue weighted by Gasteiger charge is 2.78. The predicted octanol–water partition coefficient (Wildman–Crippen LogP) is 4.55.